The molecule has 1 rings (SSSR count). The van der Waals surface area contributed by atoms with E-state index in [0.717, 1.165) is 6.42 Å². The number of phenolic OH excluding ortho intramolecular Hbond substituents is 1. The van der Waals surface area contributed by atoms with E-state index in [4.69, 9.17) is 5.73 Å². The van der Waals surface area contributed by atoms with Crippen molar-refractivity contribution >= 4 is 0 Å². The fourth-order valence-electron chi connectivity index (χ4n) is 1.20. The molecule has 3 N–H and O–H groups in total. The Morgan fingerprint density at radius 3 is 2.77 bits per heavy atom. The van der Waals surface area contributed by atoms with Crippen molar-refractivity contribution in [2.24, 2.45) is 5.73 Å². The van der Waals surface area contributed by atoms with Gasteiger partial charge in [-0.2, -0.15) is 0 Å². The average Bonchev–Trinajstić information content (AvgIpc) is 2.13. The molecule has 13 heavy (non-hydrogen) atoms. The monoisotopic (exact) mass is 183 g/mol. The maximum absolute atomic E-state index is 13.1. The number of aromatic hydroxyl groups is 1. The van der Waals surface area contributed by atoms with Crippen LogP contribution in [0.3, 0.4) is 0 Å². The van der Waals surface area contributed by atoms with Crippen LogP contribution in [0.1, 0.15) is 17.5 Å². The Kier molecular flexibility index (Phi) is 3.25. The van der Waals surface area contributed by atoms with Gasteiger partial charge in [0.2, 0.25) is 0 Å². The van der Waals surface area contributed by atoms with E-state index in [1.54, 1.807) is 19.1 Å². The van der Waals surface area contributed by atoms with Crippen molar-refractivity contribution < 1.29 is 9.50 Å². The second-order valence-corrected chi connectivity index (χ2v) is 3.10. The molecular weight excluding hydrogens is 169 g/mol. The molecule has 0 radical (unpaired) electrons. The molecule has 0 heterocycles. The van der Waals surface area contributed by atoms with Crippen LogP contribution in [0.4, 0.5) is 4.39 Å². The average molecular weight is 183 g/mol. The maximum Gasteiger partial charge on any atom is 0.167 e. The van der Waals surface area contributed by atoms with Crippen LogP contribution in [0, 0.1) is 12.7 Å². The third-order valence-electron chi connectivity index (χ3n) is 2.04. The van der Waals surface area contributed by atoms with E-state index in [1.165, 1.54) is 0 Å². The molecule has 0 aromatic heterocycles. The van der Waals surface area contributed by atoms with E-state index in [-0.39, 0.29) is 5.75 Å². The quantitative estimate of drug-likeness (QED) is 0.749. The molecule has 0 amide bonds. The molecule has 72 valence electrons. The third-order valence-corrected chi connectivity index (χ3v) is 2.04. The molecule has 3 heteroatoms. The lowest BCUT2D eigenvalue weighted by molar-refractivity contribution is 0.423. The van der Waals surface area contributed by atoms with E-state index in [2.05, 4.69) is 0 Å². The Morgan fingerprint density at radius 2 is 2.15 bits per heavy atom. The van der Waals surface area contributed by atoms with Crippen molar-refractivity contribution in [3.05, 3.63) is 29.1 Å². The number of halogens is 1. The molecule has 0 saturated heterocycles. The van der Waals surface area contributed by atoms with Gasteiger partial charge in [-0.3, -0.25) is 0 Å². The van der Waals surface area contributed by atoms with Crippen molar-refractivity contribution in [1.82, 2.24) is 0 Å². The number of hydrogen-bond donors (Lipinski definition) is 2. The zero-order chi connectivity index (χ0) is 9.84. The SMILES string of the molecule is Cc1ccc(CCCN)c(O)c1F. The summed E-state index contributed by atoms with van der Waals surface area (Å²) in [6.45, 7) is 2.18. The van der Waals surface area contributed by atoms with Crippen LogP contribution in [0.5, 0.6) is 5.75 Å². The molecule has 0 unspecified atom stereocenters. The normalized spacial score (nSPS) is 10.4. The smallest absolute Gasteiger partial charge is 0.167 e. The topological polar surface area (TPSA) is 46.2 Å². The molecule has 2 nitrogen and oxygen atoms in total. The summed E-state index contributed by atoms with van der Waals surface area (Å²) in [5.41, 5.74) is 6.42. The first-order valence-corrected chi connectivity index (χ1v) is 4.34. The van der Waals surface area contributed by atoms with Gasteiger partial charge in [0.05, 0.1) is 0 Å². The summed E-state index contributed by atoms with van der Waals surface area (Å²) in [6.07, 6.45) is 1.38. The summed E-state index contributed by atoms with van der Waals surface area (Å²) in [5, 5.41) is 9.39. The van der Waals surface area contributed by atoms with E-state index in [9.17, 15) is 9.50 Å². The van der Waals surface area contributed by atoms with Gasteiger partial charge in [-0.1, -0.05) is 12.1 Å². The number of hydrogen-bond acceptors (Lipinski definition) is 2. The molecule has 0 saturated carbocycles. The van der Waals surface area contributed by atoms with Crippen molar-refractivity contribution in [1.29, 1.82) is 0 Å². The van der Waals surface area contributed by atoms with Gasteiger partial charge in [0.15, 0.2) is 11.6 Å². The van der Waals surface area contributed by atoms with Crippen LogP contribution in [-0.4, -0.2) is 11.7 Å². The summed E-state index contributed by atoms with van der Waals surface area (Å²) in [7, 11) is 0. The predicted octanol–water partition coefficient (Wildman–Crippen LogP) is 1.73. The van der Waals surface area contributed by atoms with Gasteiger partial charge in [0, 0.05) is 0 Å². The first-order valence-electron chi connectivity index (χ1n) is 4.34. The molecule has 0 bridgehead atoms. The van der Waals surface area contributed by atoms with Crippen LogP contribution in [0.2, 0.25) is 0 Å². The Morgan fingerprint density at radius 1 is 1.46 bits per heavy atom. The lowest BCUT2D eigenvalue weighted by Gasteiger charge is -2.06. The first kappa shape index (κ1) is 9.99. The van der Waals surface area contributed by atoms with E-state index in [1.807, 2.05) is 0 Å². The standard InChI is InChI=1S/C10H14FNO/c1-7-4-5-8(3-2-6-12)10(13)9(7)11/h4-5,13H,2-3,6,12H2,1H3. The van der Waals surface area contributed by atoms with Gasteiger partial charge in [0.25, 0.3) is 0 Å². The lowest BCUT2D eigenvalue weighted by Crippen LogP contribution is -2.01. The minimum Gasteiger partial charge on any atom is -0.505 e. The third kappa shape index (κ3) is 2.18. The van der Waals surface area contributed by atoms with E-state index < -0.39 is 5.82 Å². The van der Waals surface area contributed by atoms with Crippen LogP contribution >= 0.6 is 0 Å². The molecule has 1 aromatic carbocycles. The second kappa shape index (κ2) is 4.23. The van der Waals surface area contributed by atoms with Gasteiger partial charge in [-0.25, -0.2) is 4.39 Å². The van der Waals surface area contributed by atoms with Gasteiger partial charge in [-0.15, -0.1) is 0 Å². The predicted molar refractivity (Wildman–Crippen MR) is 50.2 cm³/mol. The van der Waals surface area contributed by atoms with Gasteiger partial charge >= 0.3 is 0 Å². The lowest BCUT2D eigenvalue weighted by atomic mass is 10.1. The molecule has 0 aliphatic rings. The number of phenols is 1. The molecule has 1 aromatic rings. The van der Waals surface area contributed by atoms with Crippen LogP contribution < -0.4 is 5.73 Å². The highest BCUT2D eigenvalue weighted by Gasteiger charge is 2.08. The zero-order valence-electron chi connectivity index (χ0n) is 7.68. The molecule has 0 spiro atoms. The summed E-state index contributed by atoms with van der Waals surface area (Å²) in [6, 6.07) is 3.41. The molecule has 0 aliphatic carbocycles. The number of nitrogens with two attached hydrogens (primary N) is 1. The van der Waals surface area contributed by atoms with E-state index in [0.29, 0.717) is 24.1 Å². The largest absolute Gasteiger partial charge is 0.505 e. The number of benzene rings is 1. The van der Waals surface area contributed by atoms with Crippen molar-refractivity contribution in [3.8, 4) is 5.75 Å². The minimum absolute atomic E-state index is 0.228. The van der Waals surface area contributed by atoms with Crippen molar-refractivity contribution in [2.45, 2.75) is 19.8 Å². The summed E-state index contributed by atoms with van der Waals surface area (Å²) in [5.74, 6) is -0.747. The Labute approximate surface area is 77.2 Å². The summed E-state index contributed by atoms with van der Waals surface area (Å²) in [4.78, 5) is 0. The fourth-order valence-corrected chi connectivity index (χ4v) is 1.20. The Balaban J connectivity index is 2.90. The van der Waals surface area contributed by atoms with Crippen LogP contribution in [0.15, 0.2) is 12.1 Å². The maximum atomic E-state index is 13.1. The Hall–Kier alpha value is -1.09. The minimum atomic E-state index is -0.519. The van der Waals surface area contributed by atoms with Crippen molar-refractivity contribution in [2.75, 3.05) is 6.54 Å². The van der Waals surface area contributed by atoms with E-state index >= 15 is 0 Å². The fraction of sp³-hybridized carbons (Fsp3) is 0.400. The zero-order valence-corrected chi connectivity index (χ0v) is 7.68. The van der Waals surface area contributed by atoms with Gasteiger partial charge < -0.3 is 10.8 Å². The molecule has 0 atom stereocenters. The summed E-state index contributed by atoms with van der Waals surface area (Å²) >= 11 is 0. The van der Waals surface area contributed by atoms with Crippen LogP contribution in [-0.2, 0) is 6.42 Å². The highest BCUT2D eigenvalue weighted by atomic mass is 19.1. The van der Waals surface area contributed by atoms with Gasteiger partial charge in [0.1, 0.15) is 0 Å². The molecule has 0 fully saturated rings. The van der Waals surface area contributed by atoms with Gasteiger partial charge in [-0.05, 0) is 37.4 Å². The second-order valence-electron chi connectivity index (χ2n) is 3.10. The number of aryl methyl sites for hydroxylation is 2. The van der Waals surface area contributed by atoms with Crippen LogP contribution in [0.25, 0.3) is 0 Å². The Bertz CT molecular complexity index is 299. The number of rotatable bonds is 3. The molecular formula is C10H14FNO. The highest BCUT2D eigenvalue weighted by Crippen LogP contribution is 2.24. The summed E-state index contributed by atoms with van der Waals surface area (Å²) < 4.78 is 13.1. The highest BCUT2D eigenvalue weighted by molar-refractivity contribution is 5.37. The molecule has 0 aliphatic heterocycles. The van der Waals surface area contributed by atoms with Crippen molar-refractivity contribution in [3.63, 3.8) is 0 Å². The first-order chi connectivity index (χ1) is 6.16.